The van der Waals surface area contributed by atoms with E-state index in [1.54, 1.807) is 24.4 Å². The van der Waals surface area contributed by atoms with E-state index in [0.717, 1.165) is 6.26 Å². The number of hydrogen-bond donors (Lipinski definition) is 1. The maximum Gasteiger partial charge on any atom is 0.263 e. The zero-order valence-corrected chi connectivity index (χ0v) is 16.6. The molecule has 0 saturated carbocycles. The van der Waals surface area contributed by atoms with E-state index < -0.39 is 19.9 Å². The quantitative estimate of drug-likeness (QED) is 0.511. The molecular formula is C18H14N4O5S2. The minimum Gasteiger partial charge on any atom is -0.434 e. The van der Waals surface area contributed by atoms with E-state index in [1.807, 2.05) is 0 Å². The number of hydrogen-bond acceptors (Lipinski definition) is 8. The number of sulfone groups is 1. The van der Waals surface area contributed by atoms with Gasteiger partial charge in [-0.05, 0) is 48.5 Å². The van der Waals surface area contributed by atoms with Crippen LogP contribution >= 0.6 is 0 Å². The number of nitrogens with one attached hydrogen (secondary N) is 1. The lowest BCUT2D eigenvalue weighted by atomic mass is 10.2. The predicted molar refractivity (Wildman–Crippen MR) is 105 cm³/mol. The number of rotatable bonds is 5. The molecule has 11 heteroatoms. The van der Waals surface area contributed by atoms with Crippen molar-refractivity contribution in [3.63, 3.8) is 0 Å². The highest BCUT2D eigenvalue weighted by Crippen LogP contribution is 2.25. The number of nitrogens with zero attached hydrogens (tertiary/aromatic N) is 3. The summed E-state index contributed by atoms with van der Waals surface area (Å²) in [5, 5.41) is 0. The predicted octanol–water partition coefficient (Wildman–Crippen LogP) is 2.49. The Morgan fingerprint density at radius 1 is 0.897 bits per heavy atom. The first-order valence-electron chi connectivity index (χ1n) is 8.23. The number of fused-ring (bicyclic) bond motifs is 1. The van der Waals surface area contributed by atoms with Crippen molar-refractivity contribution in [3.05, 3.63) is 60.9 Å². The molecule has 0 radical (unpaired) electrons. The highest BCUT2D eigenvalue weighted by atomic mass is 32.2. The number of benzene rings is 1. The summed E-state index contributed by atoms with van der Waals surface area (Å²) in [6, 6.07) is 11.5. The summed E-state index contributed by atoms with van der Waals surface area (Å²) in [5.41, 5.74) is 1.46. The molecule has 4 aromatic rings. The van der Waals surface area contributed by atoms with Gasteiger partial charge >= 0.3 is 0 Å². The van der Waals surface area contributed by atoms with Gasteiger partial charge in [0.1, 0.15) is 5.82 Å². The first kappa shape index (κ1) is 19.0. The molecule has 0 amide bonds. The zero-order valence-electron chi connectivity index (χ0n) is 15.0. The highest BCUT2D eigenvalue weighted by molar-refractivity contribution is 7.92. The fraction of sp³-hybridized carbons (Fsp3) is 0.0556. The molecule has 3 aromatic heterocycles. The molecule has 0 fully saturated rings. The van der Waals surface area contributed by atoms with Crippen LogP contribution < -0.4 is 4.72 Å². The van der Waals surface area contributed by atoms with E-state index >= 15 is 0 Å². The van der Waals surface area contributed by atoms with Crippen LogP contribution in [-0.4, -0.2) is 38.0 Å². The molecule has 0 saturated heterocycles. The topological polar surface area (TPSA) is 132 Å². The summed E-state index contributed by atoms with van der Waals surface area (Å²) >= 11 is 0. The maximum atomic E-state index is 12.6. The molecule has 0 aliphatic carbocycles. The van der Waals surface area contributed by atoms with Crippen LogP contribution in [0.15, 0.2) is 75.1 Å². The summed E-state index contributed by atoms with van der Waals surface area (Å²) in [6.45, 7) is 0. The van der Waals surface area contributed by atoms with Crippen molar-refractivity contribution >= 4 is 36.9 Å². The monoisotopic (exact) mass is 430 g/mol. The average molecular weight is 430 g/mol. The normalized spacial score (nSPS) is 12.2. The van der Waals surface area contributed by atoms with Gasteiger partial charge in [0.2, 0.25) is 5.89 Å². The van der Waals surface area contributed by atoms with Crippen LogP contribution in [0.5, 0.6) is 0 Å². The third-order valence-corrected chi connectivity index (χ3v) is 6.47. The van der Waals surface area contributed by atoms with Gasteiger partial charge in [-0.25, -0.2) is 26.8 Å². The molecule has 0 atom stereocenters. The Kier molecular flexibility index (Phi) is 4.55. The van der Waals surface area contributed by atoms with E-state index in [1.165, 1.54) is 36.5 Å². The molecule has 0 spiro atoms. The summed E-state index contributed by atoms with van der Waals surface area (Å²) in [7, 11) is -7.39. The minimum atomic E-state index is -3.97. The lowest BCUT2D eigenvalue weighted by molar-refractivity contribution is 0.597. The van der Waals surface area contributed by atoms with Gasteiger partial charge in [-0.1, -0.05) is 0 Å². The number of sulfonamides is 1. The third kappa shape index (κ3) is 3.96. The van der Waals surface area contributed by atoms with Crippen LogP contribution in [-0.2, 0) is 19.9 Å². The second-order valence-corrected chi connectivity index (χ2v) is 9.82. The molecule has 0 unspecified atom stereocenters. The molecule has 0 aliphatic heterocycles. The van der Waals surface area contributed by atoms with Crippen molar-refractivity contribution < 1.29 is 21.3 Å². The Bertz CT molecular complexity index is 1380. The number of anilines is 1. The Morgan fingerprint density at radius 2 is 1.62 bits per heavy atom. The van der Waals surface area contributed by atoms with Crippen molar-refractivity contribution in [1.82, 2.24) is 15.0 Å². The van der Waals surface area contributed by atoms with Crippen LogP contribution in [0.1, 0.15) is 0 Å². The Labute approximate surface area is 166 Å². The van der Waals surface area contributed by atoms with E-state index in [-0.39, 0.29) is 21.5 Å². The summed E-state index contributed by atoms with van der Waals surface area (Å²) in [4.78, 5) is 12.3. The lowest BCUT2D eigenvalue weighted by Gasteiger charge is -2.08. The van der Waals surface area contributed by atoms with Gasteiger partial charge < -0.3 is 4.42 Å². The van der Waals surface area contributed by atoms with Gasteiger partial charge in [0, 0.05) is 24.2 Å². The largest absolute Gasteiger partial charge is 0.434 e. The van der Waals surface area contributed by atoms with Crippen LogP contribution in [0, 0.1) is 0 Å². The second-order valence-electron chi connectivity index (χ2n) is 6.12. The molecule has 9 nitrogen and oxygen atoms in total. The SMILES string of the molecule is CS(=O)(=O)c1ccc(S(=O)(=O)Nc2cc(-c3nc4ncccc4o3)ccn2)cc1. The summed E-state index contributed by atoms with van der Waals surface area (Å²) in [5.74, 6) is 0.337. The molecule has 1 aromatic carbocycles. The fourth-order valence-electron chi connectivity index (χ4n) is 2.57. The molecule has 3 heterocycles. The zero-order chi connectivity index (χ0) is 20.6. The Hall–Kier alpha value is -3.31. The van der Waals surface area contributed by atoms with Gasteiger partial charge in [0.05, 0.1) is 9.79 Å². The van der Waals surface area contributed by atoms with Crippen LogP contribution in [0.4, 0.5) is 5.82 Å². The Morgan fingerprint density at radius 3 is 2.31 bits per heavy atom. The van der Waals surface area contributed by atoms with Crippen LogP contribution in [0.2, 0.25) is 0 Å². The van der Waals surface area contributed by atoms with Crippen LogP contribution in [0.3, 0.4) is 0 Å². The maximum absolute atomic E-state index is 12.6. The van der Waals surface area contributed by atoms with Crippen molar-refractivity contribution in [3.8, 4) is 11.5 Å². The van der Waals surface area contributed by atoms with Crippen molar-refractivity contribution in [2.24, 2.45) is 0 Å². The smallest absolute Gasteiger partial charge is 0.263 e. The lowest BCUT2D eigenvalue weighted by Crippen LogP contribution is -2.14. The number of oxazole rings is 1. The average Bonchev–Trinajstić information content (AvgIpc) is 3.12. The van der Waals surface area contributed by atoms with E-state index in [2.05, 4.69) is 19.7 Å². The molecule has 0 bridgehead atoms. The first-order chi connectivity index (χ1) is 13.7. The third-order valence-electron chi connectivity index (χ3n) is 3.97. The fourth-order valence-corrected chi connectivity index (χ4v) is 4.20. The molecule has 4 rings (SSSR count). The highest BCUT2D eigenvalue weighted by Gasteiger charge is 2.17. The van der Waals surface area contributed by atoms with Crippen LogP contribution in [0.25, 0.3) is 22.7 Å². The van der Waals surface area contributed by atoms with Gasteiger partial charge in [0.15, 0.2) is 21.1 Å². The van der Waals surface area contributed by atoms with E-state index in [9.17, 15) is 16.8 Å². The molecule has 148 valence electrons. The first-order valence-corrected chi connectivity index (χ1v) is 11.6. The van der Waals surface area contributed by atoms with E-state index in [4.69, 9.17) is 4.42 Å². The summed E-state index contributed by atoms with van der Waals surface area (Å²) < 4.78 is 56.3. The van der Waals surface area contributed by atoms with E-state index in [0.29, 0.717) is 16.8 Å². The van der Waals surface area contributed by atoms with Crippen molar-refractivity contribution in [1.29, 1.82) is 0 Å². The standard InChI is InChI=1S/C18H14N4O5S2/c1-28(23,24)13-4-6-14(7-5-13)29(25,26)22-16-11-12(8-10-19-16)18-21-17-15(27-18)3-2-9-20-17/h2-11H,1H3,(H,19,22). The van der Waals surface area contributed by atoms with Gasteiger partial charge in [-0.3, -0.25) is 4.72 Å². The van der Waals surface area contributed by atoms with Crippen molar-refractivity contribution in [2.75, 3.05) is 11.0 Å². The molecular weight excluding hydrogens is 416 g/mol. The summed E-state index contributed by atoms with van der Waals surface area (Å²) in [6.07, 6.45) is 4.06. The Balaban J connectivity index is 1.63. The van der Waals surface area contributed by atoms with Gasteiger partial charge in [-0.2, -0.15) is 4.98 Å². The second kappa shape index (κ2) is 6.94. The molecule has 29 heavy (non-hydrogen) atoms. The minimum absolute atomic E-state index is 0.0288. The number of aromatic nitrogens is 3. The molecule has 0 aliphatic rings. The van der Waals surface area contributed by atoms with Crippen molar-refractivity contribution in [2.45, 2.75) is 9.79 Å². The van der Waals surface area contributed by atoms with Gasteiger partial charge in [0.25, 0.3) is 10.0 Å². The molecule has 1 N–H and O–H groups in total. The number of pyridine rings is 2. The van der Waals surface area contributed by atoms with Gasteiger partial charge in [-0.15, -0.1) is 0 Å².